The molecule has 3 rings (SSSR count). The molecule has 1 aliphatic rings. The fourth-order valence-electron chi connectivity index (χ4n) is 3.81. The number of aliphatic hydroxyl groups is 1. The number of carbonyl (C=O) groups is 2. The molecule has 0 radical (unpaired) electrons. The lowest BCUT2D eigenvalue weighted by Crippen LogP contribution is -2.34. The molecule has 1 heterocycles. The first kappa shape index (κ1) is 24.3. The smallest absolute Gasteiger partial charge is 0.337 e. The van der Waals surface area contributed by atoms with E-state index < -0.39 is 6.10 Å². The van der Waals surface area contributed by atoms with Gasteiger partial charge in [0.05, 0.1) is 24.8 Å². The lowest BCUT2D eigenvalue weighted by molar-refractivity contribution is -0.128. The SMILES string of the molecule is COC(=O)c1ccc(CCN2C(=O)CCC2C=CC(O)C(C)CC#Cc2ccccc2)cc1. The number of rotatable bonds is 8. The number of ether oxygens (including phenoxy) is 1. The first-order chi connectivity index (χ1) is 16.0. The van der Waals surface area contributed by atoms with Gasteiger partial charge in [-0.05, 0) is 48.6 Å². The minimum atomic E-state index is -0.613. The summed E-state index contributed by atoms with van der Waals surface area (Å²) in [5.74, 6) is 6.03. The van der Waals surface area contributed by atoms with E-state index in [2.05, 4.69) is 11.8 Å². The second kappa shape index (κ2) is 12.0. The largest absolute Gasteiger partial charge is 0.465 e. The summed E-state index contributed by atoms with van der Waals surface area (Å²) in [5.41, 5.74) is 2.53. The van der Waals surface area contributed by atoms with Crippen molar-refractivity contribution in [1.29, 1.82) is 0 Å². The van der Waals surface area contributed by atoms with Crippen LogP contribution in [0.1, 0.15) is 47.7 Å². The second-order valence-electron chi connectivity index (χ2n) is 8.36. The molecule has 5 heteroatoms. The van der Waals surface area contributed by atoms with E-state index in [1.54, 1.807) is 18.2 Å². The van der Waals surface area contributed by atoms with E-state index in [0.29, 0.717) is 31.4 Å². The minimum absolute atomic E-state index is 0.00339. The van der Waals surface area contributed by atoms with Gasteiger partial charge in [0.2, 0.25) is 5.91 Å². The molecule has 0 spiro atoms. The van der Waals surface area contributed by atoms with Crippen LogP contribution in [0.3, 0.4) is 0 Å². The summed E-state index contributed by atoms with van der Waals surface area (Å²) >= 11 is 0. The van der Waals surface area contributed by atoms with Gasteiger partial charge in [-0.1, -0.05) is 61.2 Å². The number of nitrogens with zero attached hydrogens (tertiary/aromatic N) is 1. The Morgan fingerprint density at radius 1 is 1.21 bits per heavy atom. The Balaban J connectivity index is 1.52. The maximum absolute atomic E-state index is 12.4. The van der Waals surface area contributed by atoms with E-state index in [9.17, 15) is 14.7 Å². The molecule has 3 atom stereocenters. The maximum atomic E-state index is 12.4. The van der Waals surface area contributed by atoms with Crippen molar-refractivity contribution >= 4 is 11.9 Å². The van der Waals surface area contributed by atoms with Gasteiger partial charge in [-0.2, -0.15) is 0 Å². The molecular formula is C28H31NO4. The van der Waals surface area contributed by atoms with Crippen molar-refractivity contribution in [2.45, 2.75) is 44.8 Å². The molecule has 1 amide bonds. The third-order valence-electron chi connectivity index (χ3n) is 5.94. The summed E-state index contributed by atoms with van der Waals surface area (Å²) < 4.78 is 4.72. The summed E-state index contributed by atoms with van der Waals surface area (Å²) in [6.45, 7) is 2.57. The van der Waals surface area contributed by atoms with Crippen molar-refractivity contribution < 1.29 is 19.4 Å². The molecule has 0 aromatic heterocycles. The zero-order chi connectivity index (χ0) is 23.6. The predicted molar refractivity (Wildman–Crippen MR) is 128 cm³/mol. The van der Waals surface area contributed by atoms with E-state index in [-0.39, 0.29) is 23.8 Å². The van der Waals surface area contributed by atoms with Crippen LogP contribution >= 0.6 is 0 Å². The number of carbonyl (C=O) groups excluding carboxylic acids is 2. The van der Waals surface area contributed by atoms with Crippen molar-refractivity contribution in [2.24, 2.45) is 5.92 Å². The minimum Gasteiger partial charge on any atom is -0.465 e. The first-order valence-corrected chi connectivity index (χ1v) is 11.3. The summed E-state index contributed by atoms with van der Waals surface area (Å²) in [5, 5.41) is 10.5. The zero-order valence-corrected chi connectivity index (χ0v) is 19.2. The molecule has 2 aromatic rings. The van der Waals surface area contributed by atoms with Gasteiger partial charge >= 0.3 is 5.97 Å². The van der Waals surface area contributed by atoms with E-state index in [1.807, 2.05) is 60.4 Å². The standard InChI is InChI=1S/C28H31NO4/c1-21(7-6-10-22-8-4-3-5-9-22)26(30)17-15-25-16-18-27(31)29(25)20-19-23-11-13-24(14-12-23)28(32)33-2/h3-5,8-9,11-15,17,21,25-26,30H,7,16,18-20H2,1-2H3. The quantitative estimate of drug-likeness (QED) is 0.379. The van der Waals surface area contributed by atoms with Gasteiger partial charge in [0.1, 0.15) is 0 Å². The van der Waals surface area contributed by atoms with E-state index in [1.165, 1.54) is 7.11 Å². The molecule has 1 saturated heterocycles. The number of aliphatic hydroxyl groups excluding tert-OH is 1. The highest BCUT2D eigenvalue weighted by Crippen LogP contribution is 2.21. The molecule has 33 heavy (non-hydrogen) atoms. The topological polar surface area (TPSA) is 66.8 Å². The van der Waals surface area contributed by atoms with Gasteiger partial charge in [-0.25, -0.2) is 4.79 Å². The summed E-state index contributed by atoms with van der Waals surface area (Å²) in [4.78, 5) is 25.8. The highest BCUT2D eigenvalue weighted by Gasteiger charge is 2.28. The van der Waals surface area contributed by atoms with Crippen LogP contribution in [-0.2, 0) is 16.0 Å². The van der Waals surface area contributed by atoms with Crippen LogP contribution in [0.15, 0.2) is 66.7 Å². The van der Waals surface area contributed by atoms with Gasteiger partial charge in [-0.3, -0.25) is 4.79 Å². The van der Waals surface area contributed by atoms with Crippen LogP contribution in [0.2, 0.25) is 0 Å². The molecule has 1 aliphatic heterocycles. The molecular weight excluding hydrogens is 414 g/mol. The molecule has 5 nitrogen and oxygen atoms in total. The Labute approximate surface area is 196 Å². The van der Waals surface area contributed by atoms with Crippen LogP contribution < -0.4 is 0 Å². The van der Waals surface area contributed by atoms with Crippen molar-refractivity contribution in [1.82, 2.24) is 4.90 Å². The lowest BCUT2D eigenvalue weighted by atomic mass is 9.99. The van der Waals surface area contributed by atoms with E-state index in [4.69, 9.17) is 4.74 Å². The number of esters is 1. The Morgan fingerprint density at radius 3 is 2.64 bits per heavy atom. The Kier molecular flexibility index (Phi) is 8.86. The average molecular weight is 446 g/mol. The highest BCUT2D eigenvalue weighted by molar-refractivity contribution is 5.89. The monoisotopic (exact) mass is 445 g/mol. The summed E-state index contributed by atoms with van der Waals surface area (Å²) in [6, 6.07) is 17.0. The third-order valence-corrected chi connectivity index (χ3v) is 5.94. The third kappa shape index (κ3) is 7.06. The van der Waals surface area contributed by atoms with Gasteiger partial charge < -0.3 is 14.7 Å². The Hall–Kier alpha value is -3.36. The normalized spacial score (nSPS) is 17.5. The molecule has 0 bridgehead atoms. The van der Waals surface area contributed by atoms with Gasteiger partial charge in [0, 0.05) is 24.9 Å². The first-order valence-electron chi connectivity index (χ1n) is 11.3. The average Bonchev–Trinajstić information content (AvgIpc) is 3.20. The highest BCUT2D eigenvalue weighted by atomic mass is 16.5. The fraction of sp³-hybridized carbons (Fsp3) is 0.357. The van der Waals surface area contributed by atoms with Crippen LogP contribution in [0, 0.1) is 17.8 Å². The number of likely N-dealkylation sites (tertiary alicyclic amines) is 1. The summed E-state index contributed by atoms with van der Waals surface area (Å²) in [6.07, 6.45) is 5.71. The molecule has 0 aliphatic carbocycles. The number of hydrogen-bond acceptors (Lipinski definition) is 4. The molecule has 172 valence electrons. The summed E-state index contributed by atoms with van der Waals surface area (Å²) in [7, 11) is 1.36. The van der Waals surface area contributed by atoms with Crippen LogP contribution in [0.5, 0.6) is 0 Å². The predicted octanol–water partition coefficient (Wildman–Crippen LogP) is 4.00. The number of hydrogen-bond donors (Lipinski definition) is 1. The van der Waals surface area contributed by atoms with E-state index >= 15 is 0 Å². The van der Waals surface area contributed by atoms with Crippen molar-refractivity contribution in [3.63, 3.8) is 0 Å². The lowest BCUT2D eigenvalue weighted by Gasteiger charge is -2.23. The van der Waals surface area contributed by atoms with Gasteiger partial charge in [0.15, 0.2) is 0 Å². The molecule has 0 saturated carbocycles. The number of amides is 1. The number of methoxy groups -OCH3 is 1. The van der Waals surface area contributed by atoms with Crippen molar-refractivity contribution in [2.75, 3.05) is 13.7 Å². The maximum Gasteiger partial charge on any atom is 0.337 e. The van der Waals surface area contributed by atoms with Gasteiger partial charge in [0.25, 0.3) is 0 Å². The van der Waals surface area contributed by atoms with Crippen LogP contribution in [0.4, 0.5) is 0 Å². The van der Waals surface area contributed by atoms with Crippen LogP contribution in [-0.4, -0.2) is 47.7 Å². The van der Waals surface area contributed by atoms with Crippen LogP contribution in [0.25, 0.3) is 0 Å². The molecule has 2 aromatic carbocycles. The molecule has 1 fully saturated rings. The Bertz CT molecular complexity index is 1020. The zero-order valence-electron chi connectivity index (χ0n) is 19.2. The molecule has 1 N–H and O–H groups in total. The van der Waals surface area contributed by atoms with Gasteiger partial charge in [-0.15, -0.1) is 0 Å². The van der Waals surface area contributed by atoms with Crippen molar-refractivity contribution in [3.05, 3.63) is 83.4 Å². The second-order valence-corrected chi connectivity index (χ2v) is 8.36. The molecule has 3 unspecified atom stereocenters. The van der Waals surface area contributed by atoms with Crippen molar-refractivity contribution in [3.8, 4) is 11.8 Å². The fourth-order valence-corrected chi connectivity index (χ4v) is 3.81. The van der Waals surface area contributed by atoms with E-state index in [0.717, 1.165) is 17.5 Å². The Morgan fingerprint density at radius 2 is 1.94 bits per heavy atom. The number of benzene rings is 2.